The van der Waals surface area contributed by atoms with Gasteiger partial charge in [0.05, 0.1) is 5.75 Å². The Kier molecular flexibility index (Phi) is 5.21. The number of aryl methyl sites for hydroxylation is 2. The number of benzene rings is 2. The van der Waals surface area contributed by atoms with Crippen molar-refractivity contribution in [2.45, 2.75) is 38.0 Å². The van der Waals surface area contributed by atoms with E-state index in [2.05, 4.69) is 16.9 Å². The Hall–Kier alpha value is -1.07. The van der Waals surface area contributed by atoms with Crippen molar-refractivity contribution in [1.29, 1.82) is 0 Å². The molecule has 1 N–H and O–H groups in total. The van der Waals surface area contributed by atoms with Gasteiger partial charge in [-0.15, -0.1) is 0 Å². The minimum Gasteiger partial charge on any atom is -0.212 e. The van der Waals surface area contributed by atoms with E-state index in [1.807, 2.05) is 13.0 Å². The third-order valence-corrected chi connectivity index (χ3v) is 6.33. The van der Waals surface area contributed by atoms with Gasteiger partial charge in [0.1, 0.15) is 0 Å². The summed E-state index contributed by atoms with van der Waals surface area (Å²) in [7, 11) is -3.51. The molecule has 0 radical (unpaired) electrons. The summed E-state index contributed by atoms with van der Waals surface area (Å²) in [6.07, 6.45) is 3.36. The lowest BCUT2D eigenvalue weighted by molar-refractivity contribution is 0.566. The van der Waals surface area contributed by atoms with Gasteiger partial charge in [0, 0.05) is 16.1 Å². The summed E-state index contributed by atoms with van der Waals surface area (Å²) >= 11 is 11.9. The number of fused-ring (bicyclic) bond motifs is 1. The van der Waals surface area contributed by atoms with Crippen LogP contribution in [0.25, 0.3) is 0 Å². The maximum Gasteiger partial charge on any atom is 0.216 e. The van der Waals surface area contributed by atoms with E-state index >= 15 is 0 Å². The zero-order valence-electron chi connectivity index (χ0n) is 13.4. The smallest absolute Gasteiger partial charge is 0.212 e. The summed E-state index contributed by atoms with van der Waals surface area (Å²) in [5.41, 5.74) is 4.23. The number of sulfonamides is 1. The summed E-state index contributed by atoms with van der Waals surface area (Å²) in [5, 5.41) is 0.846. The highest BCUT2D eigenvalue weighted by atomic mass is 35.5. The van der Waals surface area contributed by atoms with E-state index in [4.69, 9.17) is 23.2 Å². The van der Waals surface area contributed by atoms with Crippen LogP contribution in [0.3, 0.4) is 0 Å². The minimum absolute atomic E-state index is 0.168. The molecule has 0 amide bonds. The highest BCUT2D eigenvalue weighted by Gasteiger charge is 2.19. The minimum atomic E-state index is -3.51. The van der Waals surface area contributed by atoms with Crippen LogP contribution in [0, 0.1) is 0 Å². The second kappa shape index (κ2) is 7.04. The molecule has 0 heterocycles. The Morgan fingerprint density at radius 2 is 1.83 bits per heavy atom. The standard InChI is InChI=1S/C18H19Cl2NO2S/c1-12(14-6-5-13-3-2-4-15(13)9-14)21-24(22,23)11-16-7-8-17(19)10-18(16)20/h5-10,12,21H,2-4,11H2,1H3. The Balaban J connectivity index is 1.74. The summed E-state index contributed by atoms with van der Waals surface area (Å²) in [6.45, 7) is 1.86. The lowest BCUT2D eigenvalue weighted by Crippen LogP contribution is -2.28. The van der Waals surface area contributed by atoms with Crippen LogP contribution in [0.5, 0.6) is 0 Å². The molecule has 2 aromatic carbocycles. The average Bonchev–Trinajstić information content (AvgIpc) is 2.97. The number of nitrogens with one attached hydrogen (secondary N) is 1. The highest BCUT2D eigenvalue weighted by molar-refractivity contribution is 7.88. The van der Waals surface area contributed by atoms with Gasteiger partial charge in [-0.3, -0.25) is 0 Å². The monoisotopic (exact) mass is 383 g/mol. The molecule has 0 saturated carbocycles. The van der Waals surface area contributed by atoms with E-state index in [1.54, 1.807) is 18.2 Å². The van der Waals surface area contributed by atoms with Crippen LogP contribution in [-0.2, 0) is 28.6 Å². The molecule has 6 heteroatoms. The van der Waals surface area contributed by atoms with Gasteiger partial charge in [-0.05, 0) is 60.6 Å². The molecule has 1 atom stereocenters. The van der Waals surface area contributed by atoms with Crippen molar-refractivity contribution in [1.82, 2.24) is 4.72 Å². The Morgan fingerprint density at radius 3 is 2.58 bits per heavy atom. The zero-order valence-corrected chi connectivity index (χ0v) is 15.7. The largest absolute Gasteiger partial charge is 0.216 e. The third-order valence-electron chi connectivity index (χ3n) is 4.34. The fourth-order valence-electron chi connectivity index (χ4n) is 3.08. The van der Waals surface area contributed by atoms with Crippen molar-refractivity contribution < 1.29 is 8.42 Å². The molecule has 0 aliphatic heterocycles. The van der Waals surface area contributed by atoms with E-state index in [1.165, 1.54) is 17.5 Å². The molecular weight excluding hydrogens is 365 g/mol. The van der Waals surface area contributed by atoms with Crippen LogP contribution in [0.15, 0.2) is 36.4 Å². The molecule has 3 rings (SSSR count). The summed E-state index contributed by atoms with van der Waals surface area (Å²) < 4.78 is 27.6. The van der Waals surface area contributed by atoms with Crippen molar-refractivity contribution >= 4 is 33.2 Å². The van der Waals surface area contributed by atoms with E-state index in [-0.39, 0.29) is 11.8 Å². The molecule has 1 aliphatic rings. The molecule has 0 bridgehead atoms. The molecular formula is C18H19Cl2NO2S. The zero-order chi connectivity index (χ0) is 17.3. The third kappa shape index (κ3) is 4.12. The maximum atomic E-state index is 12.5. The predicted octanol–water partition coefficient (Wildman–Crippen LogP) is 4.66. The predicted molar refractivity (Wildman–Crippen MR) is 99.1 cm³/mol. The Bertz CT molecular complexity index is 865. The Labute approximate surface area is 153 Å². The van der Waals surface area contributed by atoms with Crippen LogP contribution >= 0.6 is 23.2 Å². The summed E-state index contributed by atoms with van der Waals surface area (Å²) in [4.78, 5) is 0. The van der Waals surface area contributed by atoms with Gasteiger partial charge in [0.25, 0.3) is 0 Å². The van der Waals surface area contributed by atoms with Crippen LogP contribution in [0.4, 0.5) is 0 Å². The van der Waals surface area contributed by atoms with E-state index in [0.29, 0.717) is 15.6 Å². The van der Waals surface area contributed by atoms with Gasteiger partial charge in [0.2, 0.25) is 10.0 Å². The molecule has 0 spiro atoms. The molecule has 0 saturated heterocycles. The molecule has 1 aliphatic carbocycles. The molecule has 0 aromatic heterocycles. The van der Waals surface area contributed by atoms with E-state index < -0.39 is 10.0 Å². The topological polar surface area (TPSA) is 46.2 Å². The van der Waals surface area contributed by atoms with Crippen molar-refractivity contribution in [2.75, 3.05) is 0 Å². The first kappa shape index (κ1) is 17.7. The first-order valence-electron chi connectivity index (χ1n) is 7.90. The highest BCUT2D eigenvalue weighted by Crippen LogP contribution is 2.27. The first-order chi connectivity index (χ1) is 11.3. The van der Waals surface area contributed by atoms with E-state index in [9.17, 15) is 8.42 Å². The van der Waals surface area contributed by atoms with Crippen LogP contribution in [-0.4, -0.2) is 8.42 Å². The van der Waals surface area contributed by atoms with Crippen LogP contribution in [0.1, 0.15) is 41.6 Å². The lowest BCUT2D eigenvalue weighted by atomic mass is 10.0. The lowest BCUT2D eigenvalue weighted by Gasteiger charge is -2.16. The molecule has 1 unspecified atom stereocenters. The molecule has 3 nitrogen and oxygen atoms in total. The average molecular weight is 384 g/mol. The number of halogens is 2. The molecule has 0 fully saturated rings. The van der Waals surface area contributed by atoms with Crippen molar-refractivity contribution in [3.63, 3.8) is 0 Å². The fraction of sp³-hybridized carbons (Fsp3) is 0.333. The van der Waals surface area contributed by atoms with Crippen molar-refractivity contribution in [3.05, 3.63) is 68.7 Å². The molecule has 2 aromatic rings. The van der Waals surface area contributed by atoms with Crippen molar-refractivity contribution in [2.24, 2.45) is 0 Å². The quantitative estimate of drug-likeness (QED) is 0.815. The molecule has 24 heavy (non-hydrogen) atoms. The first-order valence-corrected chi connectivity index (χ1v) is 10.3. The second-order valence-corrected chi connectivity index (χ2v) is 8.81. The number of hydrogen-bond acceptors (Lipinski definition) is 2. The molecule has 128 valence electrons. The van der Waals surface area contributed by atoms with Gasteiger partial charge in [-0.25, -0.2) is 13.1 Å². The van der Waals surface area contributed by atoms with E-state index in [0.717, 1.165) is 18.4 Å². The normalized spacial score (nSPS) is 15.3. The van der Waals surface area contributed by atoms with Gasteiger partial charge in [0.15, 0.2) is 0 Å². The van der Waals surface area contributed by atoms with Crippen LogP contribution in [0.2, 0.25) is 10.0 Å². The maximum absolute atomic E-state index is 12.5. The van der Waals surface area contributed by atoms with Gasteiger partial charge >= 0.3 is 0 Å². The SMILES string of the molecule is CC(NS(=O)(=O)Cc1ccc(Cl)cc1Cl)c1ccc2c(c1)CCC2. The summed E-state index contributed by atoms with van der Waals surface area (Å²) in [5.74, 6) is -0.168. The number of hydrogen-bond donors (Lipinski definition) is 1. The van der Waals surface area contributed by atoms with Gasteiger partial charge in [-0.2, -0.15) is 0 Å². The number of rotatable bonds is 5. The Morgan fingerprint density at radius 1 is 1.08 bits per heavy atom. The van der Waals surface area contributed by atoms with Crippen LogP contribution < -0.4 is 4.72 Å². The fourth-order valence-corrected chi connectivity index (χ4v) is 5.06. The van der Waals surface area contributed by atoms with Gasteiger partial charge < -0.3 is 0 Å². The van der Waals surface area contributed by atoms with Crippen molar-refractivity contribution in [3.8, 4) is 0 Å². The summed E-state index contributed by atoms with van der Waals surface area (Å²) in [6, 6.07) is 10.8. The van der Waals surface area contributed by atoms with Gasteiger partial charge in [-0.1, -0.05) is 47.5 Å². The second-order valence-electron chi connectivity index (χ2n) is 6.22.